The summed E-state index contributed by atoms with van der Waals surface area (Å²) in [5.41, 5.74) is 0. The Morgan fingerprint density at radius 1 is 0.875 bits per heavy atom. The number of hydrogen-bond donors (Lipinski definition) is 1. The highest BCUT2D eigenvalue weighted by atomic mass is 14.8. The Labute approximate surface area is 101 Å². The summed E-state index contributed by atoms with van der Waals surface area (Å²) in [6.07, 6.45) is 14.1. The first kappa shape index (κ1) is 15.3. The van der Waals surface area contributed by atoms with Gasteiger partial charge in [0, 0.05) is 6.54 Å². The molecular weight excluding hydrogens is 196 g/mol. The lowest BCUT2D eigenvalue weighted by Crippen LogP contribution is -2.06. The fourth-order valence-corrected chi connectivity index (χ4v) is 1.88. The van der Waals surface area contributed by atoms with Crippen molar-refractivity contribution < 1.29 is 0 Å². The van der Waals surface area contributed by atoms with E-state index in [1.165, 1.54) is 51.4 Å². The van der Waals surface area contributed by atoms with Gasteiger partial charge >= 0.3 is 0 Å². The predicted octanol–water partition coefficient (Wildman–Crippen LogP) is 4.22. The van der Waals surface area contributed by atoms with Crippen molar-refractivity contribution in [3.63, 3.8) is 0 Å². The Bertz CT molecular complexity index is 170. The lowest BCUT2D eigenvalue weighted by atomic mass is 10.0. The van der Waals surface area contributed by atoms with Crippen molar-refractivity contribution in [3.8, 4) is 6.19 Å². The third kappa shape index (κ3) is 13.3. The maximum absolute atomic E-state index is 8.27. The largest absolute Gasteiger partial charge is 0.324 e. The molecule has 16 heavy (non-hydrogen) atoms. The van der Waals surface area contributed by atoms with Gasteiger partial charge in [0.15, 0.2) is 6.19 Å². The van der Waals surface area contributed by atoms with Crippen molar-refractivity contribution in [2.75, 3.05) is 6.54 Å². The molecule has 0 saturated heterocycles. The number of nitriles is 1. The third-order valence-corrected chi connectivity index (χ3v) is 2.91. The van der Waals surface area contributed by atoms with Gasteiger partial charge in [-0.2, -0.15) is 5.26 Å². The first-order chi connectivity index (χ1) is 7.77. The zero-order chi connectivity index (χ0) is 12.1. The fourth-order valence-electron chi connectivity index (χ4n) is 1.88. The van der Waals surface area contributed by atoms with Gasteiger partial charge in [0.05, 0.1) is 0 Å². The molecule has 0 heterocycles. The molecular formula is C14H28N2. The molecule has 0 aliphatic rings. The minimum atomic E-state index is 0.852. The van der Waals surface area contributed by atoms with Crippen molar-refractivity contribution in [3.05, 3.63) is 0 Å². The molecule has 0 unspecified atom stereocenters. The van der Waals surface area contributed by atoms with Gasteiger partial charge in [-0.15, -0.1) is 0 Å². The van der Waals surface area contributed by atoms with Crippen LogP contribution in [0.3, 0.4) is 0 Å². The summed E-state index contributed by atoms with van der Waals surface area (Å²) in [4.78, 5) is 0. The van der Waals surface area contributed by atoms with Crippen LogP contribution in [0.2, 0.25) is 0 Å². The molecule has 0 fully saturated rings. The van der Waals surface area contributed by atoms with E-state index in [-0.39, 0.29) is 0 Å². The van der Waals surface area contributed by atoms with E-state index >= 15 is 0 Å². The van der Waals surface area contributed by atoms with Gasteiger partial charge in [0.1, 0.15) is 0 Å². The molecule has 0 radical (unpaired) electrons. The molecule has 0 aliphatic heterocycles. The van der Waals surface area contributed by atoms with Crippen LogP contribution in [-0.4, -0.2) is 6.54 Å². The first-order valence-electron chi connectivity index (χ1n) is 6.89. The van der Waals surface area contributed by atoms with E-state index < -0.39 is 0 Å². The summed E-state index contributed by atoms with van der Waals surface area (Å²) in [7, 11) is 0. The quantitative estimate of drug-likeness (QED) is 0.324. The van der Waals surface area contributed by atoms with Crippen LogP contribution in [0.5, 0.6) is 0 Å². The van der Waals surface area contributed by atoms with Crippen LogP contribution in [-0.2, 0) is 0 Å². The van der Waals surface area contributed by atoms with Crippen LogP contribution in [0.15, 0.2) is 0 Å². The average Bonchev–Trinajstić information content (AvgIpc) is 2.25. The molecule has 0 aliphatic carbocycles. The van der Waals surface area contributed by atoms with Crippen LogP contribution in [0, 0.1) is 17.4 Å². The zero-order valence-electron chi connectivity index (χ0n) is 11.1. The van der Waals surface area contributed by atoms with E-state index in [4.69, 9.17) is 5.26 Å². The van der Waals surface area contributed by atoms with E-state index in [2.05, 4.69) is 19.2 Å². The summed E-state index contributed by atoms with van der Waals surface area (Å²) < 4.78 is 0. The Morgan fingerprint density at radius 2 is 1.38 bits per heavy atom. The molecule has 0 amide bonds. The number of hydrogen-bond acceptors (Lipinski definition) is 2. The normalized spacial score (nSPS) is 10.4. The third-order valence-electron chi connectivity index (χ3n) is 2.91. The second-order valence-corrected chi connectivity index (χ2v) is 5.05. The van der Waals surface area contributed by atoms with Gasteiger partial charge in [-0.05, 0) is 12.3 Å². The van der Waals surface area contributed by atoms with Crippen LogP contribution in [0.1, 0.15) is 71.6 Å². The fraction of sp³-hybridized carbons (Fsp3) is 0.929. The van der Waals surface area contributed by atoms with Gasteiger partial charge in [-0.3, -0.25) is 0 Å². The molecule has 2 heteroatoms. The molecule has 94 valence electrons. The summed E-state index contributed by atoms with van der Waals surface area (Å²) in [5, 5.41) is 11.0. The van der Waals surface area contributed by atoms with E-state index in [0.717, 1.165) is 18.9 Å². The Kier molecular flexibility index (Phi) is 11.8. The molecule has 2 nitrogen and oxygen atoms in total. The van der Waals surface area contributed by atoms with Crippen molar-refractivity contribution in [1.82, 2.24) is 5.32 Å². The molecule has 0 atom stereocenters. The molecule has 0 saturated carbocycles. The van der Waals surface area contributed by atoms with Crippen molar-refractivity contribution in [2.45, 2.75) is 71.6 Å². The highest BCUT2D eigenvalue weighted by molar-refractivity contribution is 4.63. The van der Waals surface area contributed by atoms with E-state index in [0.29, 0.717) is 0 Å². The number of nitrogens with one attached hydrogen (secondary N) is 1. The minimum Gasteiger partial charge on any atom is -0.324 e. The first-order valence-corrected chi connectivity index (χ1v) is 6.89. The standard InChI is InChI=1S/C14H28N2/c1-14(2)11-9-7-5-3-4-6-8-10-12-16-13-15/h14,16H,3-12H2,1-2H3. The second-order valence-electron chi connectivity index (χ2n) is 5.05. The maximum Gasteiger partial charge on any atom is 0.176 e. The minimum absolute atomic E-state index is 0.852. The second kappa shape index (κ2) is 12.4. The Hall–Kier alpha value is -0.710. The number of rotatable bonds is 11. The topological polar surface area (TPSA) is 35.8 Å². The van der Waals surface area contributed by atoms with Crippen molar-refractivity contribution in [2.24, 2.45) is 5.92 Å². The van der Waals surface area contributed by atoms with Gasteiger partial charge in [-0.1, -0.05) is 65.2 Å². The summed E-state index contributed by atoms with van der Waals surface area (Å²) >= 11 is 0. The smallest absolute Gasteiger partial charge is 0.176 e. The Morgan fingerprint density at radius 3 is 1.88 bits per heavy atom. The van der Waals surface area contributed by atoms with Crippen molar-refractivity contribution >= 4 is 0 Å². The van der Waals surface area contributed by atoms with Crippen LogP contribution in [0.4, 0.5) is 0 Å². The molecule has 1 N–H and O–H groups in total. The molecule has 0 aromatic rings. The molecule has 0 bridgehead atoms. The SMILES string of the molecule is CC(C)CCCCCCCCCCNC#N. The average molecular weight is 224 g/mol. The molecule has 0 aromatic heterocycles. The lowest BCUT2D eigenvalue weighted by Gasteiger charge is -2.04. The lowest BCUT2D eigenvalue weighted by molar-refractivity contribution is 0.507. The van der Waals surface area contributed by atoms with Crippen LogP contribution < -0.4 is 5.32 Å². The maximum atomic E-state index is 8.27. The molecule has 0 aromatic carbocycles. The van der Waals surface area contributed by atoms with E-state index in [9.17, 15) is 0 Å². The highest BCUT2D eigenvalue weighted by Gasteiger charge is 1.95. The summed E-state index contributed by atoms with van der Waals surface area (Å²) in [6, 6.07) is 0. The predicted molar refractivity (Wildman–Crippen MR) is 70.0 cm³/mol. The summed E-state index contributed by atoms with van der Waals surface area (Å²) in [6.45, 7) is 5.45. The van der Waals surface area contributed by atoms with E-state index in [1.54, 1.807) is 0 Å². The van der Waals surface area contributed by atoms with Crippen LogP contribution >= 0.6 is 0 Å². The van der Waals surface area contributed by atoms with Gasteiger partial charge in [-0.25, -0.2) is 0 Å². The monoisotopic (exact) mass is 224 g/mol. The molecule has 0 spiro atoms. The van der Waals surface area contributed by atoms with Crippen LogP contribution in [0.25, 0.3) is 0 Å². The Balaban J connectivity index is 2.91. The molecule has 0 rings (SSSR count). The van der Waals surface area contributed by atoms with E-state index in [1.807, 2.05) is 6.19 Å². The van der Waals surface area contributed by atoms with Crippen molar-refractivity contribution in [1.29, 1.82) is 5.26 Å². The van der Waals surface area contributed by atoms with Gasteiger partial charge in [0.2, 0.25) is 0 Å². The number of nitrogens with zero attached hydrogens (tertiary/aromatic N) is 1. The van der Waals surface area contributed by atoms with Gasteiger partial charge < -0.3 is 5.32 Å². The zero-order valence-corrected chi connectivity index (χ0v) is 11.1. The highest BCUT2D eigenvalue weighted by Crippen LogP contribution is 2.12. The van der Waals surface area contributed by atoms with Gasteiger partial charge in [0.25, 0.3) is 0 Å². The number of unbranched alkanes of at least 4 members (excludes halogenated alkanes) is 7. The summed E-state index contributed by atoms with van der Waals surface area (Å²) in [5.74, 6) is 0.868.